The Hall–Kier alpha value is -3.42. The summed E-state index contributed by atoms with van der Waals surface area (Å²) in [6.07, 6.45) is 1.07. The Morgan fingerprint density at radius 1 is 1.10 bits per heavy atom. The van der Waals surface area contributed by atoms with Crippen LogP contribution < -0.4 is 9.47 Å². The summed E-state index contributed by atoms with van der Waals surface area (Å²) in [5.74, 6) is 2.15. The lowest BCUT2D eigenvalue weighted by Crippen LogP contribution is -2.26. The zero-order chi connectivity index (χ0) is 20.1. The van der Waals surface area contributed by atoms with E-state index < -0.39 is 0 Å². The minimum absolute atomic E-state index is 0.0725. The van der Waals surface area contributed by atoms with Gasteiger partial charge in [0.05, 0.1) is 6.54 Å². The number of hydrogen-bond donors (Lipinski definition) is 0. The van der Waals surface area contributed by atoms with E-state index in [4.69, 9.17) is 9.47 Å². The number of ether oxygens (including phenoxy) is 2. The lowest BCUT2D eigenvalue weighted by Gasteiger charge is -2.21. The summed E-state index contributed by atoms with van der Waals surface area (Å²) >= 11 is 0. The van der Waals surface area contributed by atoms with Crippen molar-refractivity contribution in [3.8, 4) is 22.9 Å². The number of benzene rings is 2. The first-order valence-corrected chi connectivity index (χ1v) is 9.65. The van der Waals surface area contributed by atoms with Gasteiger partial charge in [-0.05, 0) is 29.3 Å². The molecule has 29 heavy (non-hydrogen) atoms. The largest absolute Gasteiger partial charge is 0.486 e. The van der Waals surface area contributed by atoms with Crippen molar-refractivity contribution in [3.05, 3.63) is 54.1 Å². The average molecular weight is 393 g/mol. The van der Waals surface area contributed by atoms with Gasteiger partial charge in [0.2, 0.25) is 11.7 Å². The number of rotatable bonds is 7. The van der Waals surface area contributed by atoms with Gasteiger partial charge in [-0.3, -0.25) is 4.79 Å². The van der Waals surface area contributed by atoms with Crippen LogP contribution in [-0.4, -0.2) is 51.3 Å². The van der Waals surface area contributed by atoms with Gasteiger partial charge in [0.25, 0.3) is 0 Å². The first-order chi connectivity index (χ1) is 14.2. The van der Waals surface area contributed by atoms with E-state index in [1.165, 1.54) is 4.80 Å². The van der Waals surface area contributed by atoms with Crippen molar-refractivity contribution >= 4 is 5.91 Å². The molecule has 150 valence electrons. The maximum absolute atomic E-state index is 12.5. The summed E-state index contributed by atoms with van der Waals surface area (Å²) < 4.78 is 11.1. The third-order valence-electron chi connectivity index (χ3n) is 4.69. The summed E-state index contributed by atoms with van der Waals surface area (Å²) in [6, 6.07) is 15.5. The number of nitrogens with zero attached hydrogens (tertiary/aromatic N) is 5. The standard InChI is InChI=1S/C21H23N5O3/c1-25(15-16-9-10-18-19(14-16)29-13-12-28-18)20(27)8-5-11-26-23-21(22-24-26)17-6-3-2-4-7-17/h2-4,6-7,9-10,14H,5,8,11-13,15H2,1H3. The monoisotopic (exact) mass is 393 g/mol. The number of carbonyl (C=O) groups is 1. The minimum atomic E-state index is 0.0725. The van der Waals surface area contributed by atoms with Crippen LogP contribution in [0.5, 0.6) is 11.5 Å². The number of aryl methyl sites for hydroxylation is 1. The fourth-order valence-electron chi connectivity index (χ4n) is 3.15. The van der Waals surface area contributed by atoms with E-state index in [-0.39, 0.29) is 5.91 Å². The van der Waals surface area contributed by atoms with Gasteiger partial charge in [0.1, 0.15) is 13.2 Å². The number of carbonyl (C=O) groups excluding carboxylic acids is 1. The molecule has 2 aromatic carbocycles. The molecule has 0 saturated heterocycles. The highest BCUT2D eigenvalue weighted by Gasteiger charge is 2.14. The van der Waals surface area contributed by atoms with Crippen molar-refractivity contribution in [3.63, 3.8) is 0 Å². The van der Waals surface area contributed by atoms with Crippen molar-refractivity contribution in [2.24, 2.45) is 0 Å². The van der Waals surface area contributed by atoms with Gasteiger partial charge in [0, 0.05) is 25.6 Å². The summed E-state index contributed by atoms with van der Waals surface area (Å²) in [5.41, 5.74) is 1.93. The maximum atomic E-state index is 12.5. The van der Waals surface area contributed by atoms with Crippen LogP contribution in [0.1, 0.15) is 18.4 Å². The first-order valence-electron chi connectivity index (χ1n) is 9.65. The lowest BCUT2D eigenvalue weighted by molar-refractivity contribution is -0.130. The highest BCUT2D eigenvalue weighted by atomic mass is 16.6. The molecule has 0 saturated carbocycles. The second kappa shape index (κ2) is 8.72. The van der Waals surface area contributed by atoms with Crippen LogP contribution in [0, 0.1) is 0 Å². The smallest absolute Gasteiger partial charge is 0.222 e. The topological polar surface area (TPSA) is 82.4 Å². The molecular weight excluding hydrogens is 370 g/mol. The normalized spacial score (nSPS) is 12.6. The second-order valence-corrected chi connectivity index (χ2v) is 6.91. The fourth-order valence-corrected chi connectivity index (χ4v) is 3.15. The molecule has 1 aromatic heterocycles. The van der Waals surface area contributed by atoms with Crippen LogP contribution in [0.25, 0.3) is 11.4 Å². The number of fused-ring (bicyclic) bond motifs is 1. The van der Waals surface area contributed by atoms with Crippen molar-refractivity contribution in [2.45, 2.75) is 25.9 Å². The van der Waals surface area contributed by atoms with Crippen molar-refractivity contribution < 1.29 is 14.3 Å². The number of tetrazole rings is 1. The summed E-state index contributed by atoms with van der Waals surface area (Å²) in [7, 11) is 1.81. The van der Waals surface area contributed by atoms with E-state index in [9.17, 15) is 4.79 Å². The Kier molecular flexibility index (Phi) is 5.69. The van der Waals surface area contributed by atoms with Gasteiger partial charge < -0.3 is 14.4 Å². The van der Waals surface area contributed by atoms with Crippen LogP contribution in [-0.2, 0) is 17.9 Å². The third kappa shape index (κ3) is 4.71. The maximum Gasteiger partial charge on any atom is 0.222 e. The molecule has 4 rings (SSSR count). The van der Waals surface area contributed by atoms with E-state index in [2.05, 4.69) is 15.4 Å². The molecule has 0 unspecified atom stereocenters. The van der Waals surface area contributed by atoms with Gasteiger partial charge >= 0.3 is 0 Å². The molecule has 1 amide bonds. The van der Waals surface area contributed by atoms with E-state index in [1.807, 2.05) is 48.5 Å². The fraction of sp³-hybridized carbons (Fsp3) is 0.333. The zero-order valence-corrected chi connectivity index (χ0v) is 16.3. The molecule has 2 heterocycles. The van der Waals surface area contributed by atoms with Gasteiger partial charge in [-0.25, -0.2) is 0 Å². The Morgan fingerprint density at radius 3 is 2.72 bits per heavy atom. The third-order valence-corrected chi connectivity index (χ3v) is 4.69. The molecule has 1 aliphatic rings. The van der Waals surface area contributed by atoms with Crippen LogP contribution in [0.3, 0.4) is 0 Å². The van der Waals surface area contributed by atoms with E-state index in [0.29, 0.717) is 45.0 Å². The molecule has 0 fully saturated rings. The van der Waals surface area contributed by atoms with Gasteiger partial charge in [-0.2, -0.15) is 4.80 Å². The molecule has 0 aliphatic carbocycles. The molecule has 3 aromatic rings. The van der Waals surface area contributed by atoms with Crippen molar-refractivity contribution in [1.29, 1.82) is 0 Å². The van der Waals surface area contributed by atoms with E-state index in [1.54, 1.807) is 11.9 Å². The zero-order valence-electron chi connectivity index (χ0n) is 16.3. The van der Waals surface area contributed by atoms with Crippen LogP contribution >= 0.6 is 0 Å². The van der Waals surface area contributed by atoms with E-state index >= 15 is 0 Å². The molecule has 0 radical (unpaired) electrons. The molecule has 0 N–H and O–H groups in total. The van der Waals surface area contributed by atoms with Gasteiger partial charge in [-0.1, -0.05) is 36.4 Å². The highest BCUT2D eigenvalue weighted by molar-refractivity contribution is 5.75. The Morgan fingerprint density at radius 2 is 1.90 bits per heavy atom. The molecule has 1 aliphatic heterocycles. The molecular formula is C21H23N5O3. The molecule has 0 atom stereocenters. The second-order valence-electron chi connectivity index (χ2n) is 6.91. The Labute approximate surface area is 169 Å². The quantitative estimate of drug-likeness (QED) is 0.614. The average Bonchev–Trinajstić information content (AvgIpc) is 3.23. The number of amides is 1. The minimum Gasteiger partial charge on any atom is -0.486 e. The Bertz CT molecular complexity index is 973. The summed E-state index contributed by atoms with van der Waals surface area (Å²) in [5, 5.41) is 12.5. The van der Waals surface area contributed by atoms with Crippen molar-refractivity contribution in [1.82, 2.24) is 25.1 Å². The number of hydrogen-bond acceptors (Lipinski definition) is 6. The Balaban J connectivity index is 1.26. The van der Waals surface area contributed by atoms with Gasteiger partial charge in [-0.15, -0.1) is 10.2 Å². The molecule has 0 spiro atoms. The summed E-state index contributed by atoms with van der Waals surface area (Å²) in [4.78, 5) is 15.7. The predicted octanol–water partition coefficient (Wildman–Crippen LogP) is 2.55. The summed E-state index contributed by atoms with van der Waals surface area (Å²) in [6.45, 7) is 2.18. The molecule has 8 heteroatoms. The highest BCUT2D eigenvalue weighted by Crippen LogP contribution is 2.31. The predicted molar refractivity (Wildman–Crippen MR) is 106 cm³/mol. The van der Waals surface area contributed by atoms with Crippen molar-refractivity contribution in [2.75, 3.05) is 20.3 Å². The van der Waals surface area contributed by atoms with Gasteiger partial charge in [0.15, 0.2) is 11.5 Å². The lowest BCUT2D eigenvalue weighted by atomic mass is 10.1. The van der Waals surface area contributed by atoms with Crippen LogP contribution in [0.15, 0.2) is 48.5 Å². The van der Waals surface area contributed by atoms with Crippen LogP contribution in [0.2, 0.25) is 0 Å². The van der Waals surface area contributed by atoms with E-state index in [0.717, 1.165) is 22.6 Å². The first kappa shape index (κ1) is 18.9. The SMILES string of the molecule is CN(Cc1ccc2c(c1)OCCO2)C(=O)CCCn1nnc(-c2ccccc2)n1. The van der Waals surface area contributed by atoms with Crippen LogP contribution in [0.4, 0.5) is 0 Å². The number of aromatic nitrogens is 4. The molecule has 8 nitrogen and oxygen atoms in total. The molecule has 0 bridgehead atoms.